The van der Waals surface area contributed by atoms with E-state index in [1.54, 1.807) is 19.4 Å². The van der Waals surface area contributed by atoms with E-state index in [2.05, 4.69) is 31.2 Å². The third-order valence-electron chi connectivity index (χ3n) is 5.09. The zero-order valence-corrected chi connectivity index (χ0v) is 16.1. The molecule has 2 amide bonds. The molecule has 2 aromatic heterocycles. The Kier molecular flexibility index (Phi) is 5.01. The van der Waals surface area contributed by atoms with Crippen LogP contribution in [0.15, 0.2) is 42.7 Å². The van der Waals surface area contributed by atoms with E-state index in [1.807, 2.05) is 36.2 Å². The lowest BCUT2D eigenvalue weighted by atomic mass is 10.1. The van der Waals surface area contributed by atoms with Crippen LogP contribution in [0.1, 0.15) is 18.5 Å². The number of methoxy groups -OCH3 is 1. The number of hydrogen-bond acceptors (Lipinski definition) is 5. The topological polar surface area (TPSA) is 86.4 Å². The third kappa shape index (κ3) is 3.71. The molecule has 0 aliphatic carbocycles. The maximum atomic E-state index is 12.7. The number of amides is 2. The van der Waals surface area contributed by atoms with E-state index >= 15 is 0 Å². The number of H-pyrrole nitrogens is 1. The number of rotatable bonds is 4. The second kappa shape index (κ2) is 7.75. The Morgan fingerprint density at radius 1 is 1.21 bits per heavy atom. The smallest absolute Gasteiger partial charge is 0.317 e. The summed E-state index contributed by atoms with van der Waals surface area (Å²) in [4.78, 5) is 28.4. The molecule has 0 saturated carbocycles. The number of nitrogens with one attached hydrogen (secondary N) is 2. The van der Waals surface area contributed by atoms with Gasteiger partial charge in [0.15, 0.2) is 0 Å². The zero-order valence-electron chi connectivity index (χ0n) is 16.1. The van der Waals surface area contributed by atoms with Crippen molar-refractivity contribution in [1.82, 2.24) is 25.2 Å². The molecule has 3 heterocycles. The van der Waals surface area contributed by atoms with Gasteiger partial charge in [-0.05, 0) is 36.1 Å². The van der Waals surface area contributed by atoms with Crippen LogP contribution in [-0.4, -0.2) is 59.2 Å². The van der Waals surface area contributed by atoms with E-state index in [0.717, 1.165) is 16.5 Å². The number of ether oxygens (including phenoxy) is 1. The van der Waals surface area contributed by atoms with Gasteiger partial charge in [-0.2, -0.15) is 4.98 Å². The summed E-state index contributed by atoms with van der Waals surface area (Å²) in [5, 5.41) is 4.25. The van der Waals surface area contributed by atoms with Crippen LogP contribution in [0.5, 0.6) is 5.88 Å². The Labute approximate surface area is 163 Å². The molecule has 2 N–H and O–H groups in total. The number of aromatic amines is 1. The van der Waals surface area contributed by atoms with Gasteiger partial charge in [0, 0.05) is 50.2 Å². The van der Waals surface area contributed by atoms with E-state index in [4.69, 9.17) is 4.74 Å². The van der Waals surface area contributed by atoms with Gasteiger partial charge in [-0.3, -0.25) is 0 Å². The second-order valence-corrected chi connectivity index (χ2v) is 6.87. The molecule has 0 radical (unpaired) electrons. The van der Waals surface area contributed by atoms with E-state index < -0.39 is 0 Å². The summed E-state index contributed by atoms with van der Waals surface area (Å²) >= 11 is 0. The van der Waals surface area contributed by atoms with Crippen molar-refractivity contribution in [3.8, 4) is 5.88 Å². The molecule has 0 spiro atoms. The molecule has 3 aromatic rings. The van der Waals surface area contributed by atoms with Crippen molar-refractivity contribution in [2.75, 3.05) is 38.2 Å². The van der Waals surface area contributed by atoms with Crippen LogP contribution in [0.3, 0.4) is 0 Å². The average molecular weight is 380 g/mol. The Balaban J connectivity index is 1.34. The molecule has 4 rings (SSSR count). The number of piperazine rings is 1. The fraction of sp³-hybridized carbons (Fsp3) is 0.350. The molecule has 1 fully saturated rings. The SMILES string of the molecule is COc1ccnc(N2CCN(C(=O)N[C@H](C)c3ccc4[nH]ccc4c3)CC2)n1. The minimum Gasteiger partial charge on any atom is -0.481 e. The number of benzene rings is 1. The highest BCUT2D eigenvalue weighted by Crippen LogP contribution is 2.20. The van der Waals surface area contributed by atoms with Gasteiger partial charge in [0.2, 0.25) is 11.8 Å². The lowest BCUT2D eigenvalue weighted by Gasteiger charge is -2.35. The normalized spacial score (nSPS) is 15.5. The van der Waals surface area contributed by atoms with Crippen molar-refractivity contribution in [2.24, 2.45) is 0 Å². The largest absolute Gasteiger partial charge is 0.481 e. The monoisotopic (exact) mass is 380 g/mol. The van der Waals surface area contributed by atoms with Gasteiger partial charge >= 0.3 is 6.03 Å². The third-order valence-corrected chi connectivity index (χ3v) is 5.09. The maximum absolute atomic E-state index is 12.7. The van der Waals surface area contributed by atoms with Crippen molar-refractivity contribution >= 4 is 22.9 Å². The van der Waals surface area contributed by atoms with Crippen LogP contribution in [0, 0.1) is 0 Å². The molecule has 1 saturated heterocycles. The summed E-state index contributed by atoms with van der Waals surface area (Å²) in [7, 11) is 1.59. The quantitative estimate of drug-likeness (QED) is 0.726. The zero-order chi connectivity index (χ0) is 19.5. The van der Waals surface area contributed by atoms with E-state index in [-0.39, 0.29) is 12.1 Å². The van der Waals surface area contributed by atoms with Gasteiger partial charge in [-0.25, -0.2) is 9.78 Å². The summed E-state index contributed by atoms with van der Waals surface area (Å²) in [6, 6.07) is 9.84. The van der Waals surface area contributed by atoms with Crippen molar-refractivity contribution in [3.05, 3.63) is 48.3 Å². The molecule has 146 valence electrons. The van der Waals surface area contributed by atoms with E-state index in [0.29, 0.717) is 38.0 Å². The van der Waals surface area contributed by atoms with Crippen molar-refractivity contribution < 1.29 is 9.53 Å². The first-order valence-corrected chi connectivity index (χ1v) is 9.38. The van der Waals surface area contributed by atoms with E-state index in [9.17, 15) is 4.79 Å². The number of carbonyl (C=O) groups is 1. The van der Waals surface area contributed by atoms with Crippen molar-refractivity contribution in [3.63, 3.8) is 0 Å². The minimum absolute atomic E-state index is 0.0483. The Morgan fingerprint density at radius 2 is 2.04 bits per heavy atom. The van der Waals surface area contributed by atoms with E-state index in [1.165, 1.54) is 0 Å². The molecule has 8 heteroatoms. The number of hydrogen-bond donors (Lipinski definition) is 2. The molecule has 1 aliphatic heterocycles. The fourth-order valence-corrected chi connectivity index (χ4v) is 3.41. The number of anilines is 1. The van der Waals surface area contributed by atoms with Crippen LogP contribution in [-0.2, 0) is 0 Å². The highest BCUT2D eigenvalue weighted by atomic mass is 16.5. The number of fused-ring (bicyclic) bond motifs is 1. The van der Waals surface area contributed by atoms with Crippen LogP contribution in [0.4, 0.5) is 10.7 Å². The molecular formula is C20H24N6O2. The van der Waals surface area contributed by atoms with Gasteiger partial charge in [-0.1, -0.05) is 6.07 Å². The number of aromatic nitrogens is 3. The van der Waals surface area contributed by atoms with Crippen LogP contribution >= 0.6 is 0 Å². The highest BCUT2D eigenvalue weighted by molar-refractivity contribution is 5.80. The maximum Gasteiger partial charge on any atom is 0.317 e. The first kappa shape index (κ1) is 18.1. The van der Waals surface area contributed by atoms with Gasteiger partial charge in [0.05, 0.1) is 13.2 Å². The van der Waals surface area contributed by atoms with Crippen LogP contribution < -0.4 is 15.0 Å². The lowest BCUT2D eigenvalue weighted by molar-refractivity contribution is 0.191. The van der Waals surface area contributed by atoms with Gasteiger partial charge in [0.25, 0.3) is 0 Å². The second-order valence-electron chi connectivity index (χ2n) is 6.87. The number of carbonyl (C=O) groups excluding carboxylic acids is 1. The standard InChI is InChI=1S/C20H24N6O2/c1-14(15-3-4-17-16(13-15)5-7-21-17)23-20(27)26-11-9-25(10-12-26)19-22-8-6-18(24-19)28-2/h3-8,13-14,21H,9-12H2,1-2H3,(H,23,27)/t14-/m1/s1. The van der Waals surface area contributed by atoms with Gasteiger partial charge < -0.3 is 24.8 Å². The Bertz CT molecular complexity index is 964. The Morgan fingerprint density at radius 3 is 2.82 bits per heavy atom. The number of nitrogens with zero attached hydrogens (tertiary/aromatic N) is 4. The summed E-state index contributed by atoms with van der Waals surface area (Å²) in [6.07, 6.45) is 3.60. The number of urea groups is 1. The minimum atomic E-state index is -0.0634. The summed E-state index contributed by atoms with van der Waals surface area (Å²) in [6.45, 7) is 4.62. The molecule has 0 bridgehead atoms. The molecule has 28 heavy (non-hydrogen) atoms. The first-order chi connectivity index (χ1) is 13.6. The predicted molar refractivity (Wildman–Crippen MR) is 108 cm³/mol. The molecule has 1 aliphatic rings. The van der Waals surface area contributed by atoms with Crippen LogP contribution in [0.25, 0.3) is 10.9 Å². The van der Waals surface area contributed by atoms with Gasteiger partial charge in [0.1, 0.15) is 0 Å². The first-order valence-electron chi connectivity index (χ1n) is 9.38. The lowest BCUT2D eigenvalue weighted by Crippen LogP contribution is -2.52. The molecule has 8 nitrogen and oxygen atoms in total. The molecule has 1 aromatic carbocycles. The fourth-order valence-electron chi connectivity index (χ4n) is 3.41. The molecule has 1 atom stereocenters. The Hall–Kier alpha value is -3.29. The summed E-state index contributed by atoms with van der Waals surface area (Å²) in [5.74, 6) is 1.17. The average Bonchev–Trinajstić information content (AvgIpc) is 3.21. The highest BCUT2D eigenvalue weighted by Gasteiger charge is 2.24. The molecular weight excluding hydrogens is 356 g/mol. The predicted octanol–water partition coefficient (Wildman–Crippen LogP) is 2.56. The van der Waals surface area contributed by atoms with Gasteiger partial charge in [-0.15, -0.1) is 0 Å². The summed E-state index contributed by atoms with van der Waals surface area (Å²) < 4.78 is 5.16. The summed E-state index contributed by atoms with van der Waals surface area (Å²) in [5.41, 5.74) is 2.18. The van der Waals surface area contributed by atoms with Crippen molar-refractivity contribution in [1.29, 1.82) is 0 Å². The van der Waals surface area contributed by atoms with Crippen LogP contribution in [0.2, 0.25) is 0 Å². The van der Waals surface area contributed by atoms with Crippen molar-refractivity contribution in [2.45, 2.75) is 13.0 Å². The molecule has 0 unspecified atom stereocenters.